The van der Waals surface area contributed by atoms with Gasteiger partial charge in [-0.3, -0.25) is 0 Å². The highest BCUT2D eigenvalue weighted by Crippen LogP contribution is 2.20. The fourth-order valence-electron chi connectivity index (χ4n) is 1.81. The first-order chi connectivity index (χ1) is 8.81. The van der Waals surface area contributed by atoms with E-state index >= 15 is 0 Å². The Morgan fingerprint density at radius 1 is 1.11 bits per heavy atom. The molecule has 0 radical (unpaired) electrons. The lowest BCUT2D eigenvalue weighted by Crippen LogP contribution is -2.21. The topological polar surface area (TPSA) is 58.0 Å². The van der Waals surface area contributed by atoms with Crippen molar-refractivity contribution in [2.24, 2.45) is 0 Å². The van der Waals surface area contributed by atoms with Crippen LogP contribution in [0, 0.1) is 0 Å². The van der Waals surface area contributed by atoms with Crippen LogP contribution in [0.3, 0.4) is 0 Å². The Hall–Kier alpha value is -1.78. The zero-order chi connectivity index (χ0) is 12.8. The fraction of sp³-hybridized carbons (Fsp3) is 0.286. The summed E-state index contributed by atoms with van der Waals surface area (Å²) in [5.41, 5.74) is 3.32. The highest BCUT2D eigenvalue weighted by atomic mass is 16.3. The van der Waals surface area contributed by atoms with Gasteiger partial charge in [-0.05, 0) is 18.1 Å². The third-order valence-electron chi connectivity index (χ3n) is 2.87. The first-order valence-corrected chi connectivity index (χ1v) is 6.01. The van der Waals surface area contributed by atoms with Gasteiger partial charge in [0.2, 0.25) is 0 Å². The lowest BCUT2D eigenvalue weighted by Gasteiger charge is -2.13. The van der Waals surface area contributed by atoms with Gasteiger partial charge in [-0.2, -0.15) is 0 Å². The maximum Gasteiger partial charge on any atom is 0.115 e. The number of rotatable bonds is 5. The molecule has 4 nitrogen and oxygen atoms in total. The zero-order valence-corrected chi connectivity index (χ0v) is 10.4. The van der Waals surface area contributed by atoms with Crippen molar-refractivity contribution in [3.8, 4) is 11.1 Å². The molecule has 1 unspecified atom stereocenters. The second-order valence-electron chi connectivity index (χ2n) is 4.15. The van der Waals surface area contributed by atoms with Crippen LogP contribution in [-0.2, 0) is 0 Å². The summed E-state index contributed by atoms with van der Waals surface area (Å²) < 4.78 is 0. The quantitative estimate of drug-likeness (QED) is 0.840. The molecule has 1 aromatic heterocycles. The van der Waals surface area contributed by atoms with Crippen LogP contribution in [0.15, 0.2) is 43.0 Å². The monoisotopic (exact) mass is 243 g/mol. The first-order valence-electron chi connectivity index (χ1n) is 6.01. The van der Waals surface area contributed by atoms with Gasteiger partial charge in [0.25, 0.3) is 0 Å². The molecule has 0 amide bonds. The third-order valence-corrected chi connectivity index (χ3v) is 2.87. The summed E-state index contributed by atoms with van der Waals surface area (Å²) in [6.45, 7) is 2.84. The van der Waals surface area contributed by atoms with Crippen molar-refractivity contribution in [1.82, 2.24) is 15.3 Å². The molecule has 1 aromatic carbocycles. The lowest BCUT2D eigenvalue weighted by atomic mass is 10.0. The number of hydrogen-bond acceptors (Lipinski definition) is 4. The van der Waals surface area contributed by atoms with E-state index in [0.717, 1.165) is 11.1 Å². The summed E-state index contributed by atoms with van der Waals surface area (Å²) in [5, 5.41) is 12.0. The fourth-order valence-corrected chi connectivity index (χ4v) is 1.81. The second-order valence-corrected chi connectivity index (χ2v) is 4.15. The van der Waals surface area contributed by atoms with Gasteiger partial charge < -0.3 is 10.4 Å². The number of aliphatic hydroxyl groups is 1. The molecule has 0 aliphatic rings. The molecular weight excluding hydrogens is 226 g/mol. The van der Waals surface area contributed by atoms with Gasteiger partial charge in [0.1, 0.15) is 6.33 Å². The highest BCUT2D eigenvalue weighted by Gasteiger charge is 2.04. The molecule has 0 saturated heterocycles. The van der Waals surface area contributed by atoms with Crippen LogP contribution in [0.5, 0.6) is 0 Å². The van der Waals surface area contributed by atoms with Gasteiger partial charge in [0.05, 0.1) is 6.61 Å². The minimum Gasteiger partial charge on any atom is -0.395 e. The van der Waals surface area contributed by atoms with Gasteiger partial charge in [-0.15, -0.1) is 0 Å². The smallest absolute Gasteiger partial charge is 0.115 e. The van der Waals surface area contributed by atoms with Crippen LogP contribution in [0.2, 0.25) is 0 Å². The van der Waals surface area contributed by atoms with E-state index in [9.17, 15) is 0 Å². The average Bonchev–Trinajstić information content (AvgIpc) is 2.46. The minimum absolute atomic E-state index is 0.157. The maximum absolute atomic E-state index is 8.78. The number of aliphatic hydroxyl groups excluding tert-OH is 1. The highest BCUT2D eigenvalue weighted by molar-refractivity contribution is 5.61. The predicted octanol–water partition coefficient (Wildman–Crippen LogP) is 1.79. The second kappa shape index (κ2) is 6.23. The van der Waals surface area contributed by atoms with E-state index in [1.165, 1.54) is 11.9 Å². The van der Waals surface area contributed by atoms with Gasteiger partial charge in [-0.25, -0.2) is 9.97 Å². The average molecular weight is 243 g/mol. The molecule has 94 valence electrons. The Bertz CT molecular complexity index is 470. The van der Waals surface area contributed by atoms with E-state index in [2.05, 4.69) is 46.5 Å². The molecule has 2 rings (SSSR count). The van der Waals surface area contributed by atoms with Crippen molar-refractivity contribution in [2.75, 3.05) is 13.2 Å². The van der Waals surface area contributed by atoms with Crippen molar-refractivity contribution in [2.45, 2.75) is 13.0 Å². The predicted molar refractivity (Wildman–Crippen MR) is 71.0 cm³/mol. The van der Waals surface area contributed by atoms with Gasteiger partial charge in [0, 0.05) is 30.5 Å². The molecule has 2 N–H and O–H groups in total. The number of aromatic nitrogens is 2. The first kappa shape index (κ1) is 12.7. The van der Waals surface area contributed by atoms with Crippen LogP contribution in [-0.4, -0.2) is 28.2 Å². The van der Waals surface area contributed by atoms with E-state index in [0.29, 0.717) is 6.54 Å². The van der Waals surface area contributed by atoms with Crippen molar-refractivity contribution in [3.05, 3.63) is 48.5 Å². The summed E-state index contributed by atoms with van der Waals surface area (Å²) >= 11 is 0. The van der Waals surface area contributed by atoms with E-state index in [1.807, 2.05) is 0 Å². The largest absolute Gasteiger partial charge is 0.395 e. The zero-order valence-electron chi connectivity index (χ0n) is 10.4. The SMILES string of the molecule is CC(NCCO)c1ccc(-c2cncnc2)cc1. The summed E-state index contributed by atoms with van der Waals surface area (Å²) in [5.74, 6) is 0. The number of nitrogens with one attached hydrogen (secondary N) is 1. The molecule has 2 aromatic rings. The molecular formula is C14H17N3O. The number of hydrogen-bond donors (Lipinski definition) is 2. The van der Waals surface area contributed by atoms with Crippen molar-refractivity contribution < 1.29 is 5.11 Å². The van der Waals surface area contributed by atoms with Crippen LogP contribution in [0.4, 0.5) is 0 Å². The molecule has 1 atom stereocenters. The Kier molecular flexibility index (Phi) is 4.39. The number of nitrogens with zero attached hydrogens (tertiary/aromatic N) is 2. The summed E-state index contributed by atoms with van der Waals surface area (Å²) in [6.07, 6.45) is 5.13. The van der Waals surface area contributed by atoms with Crippen molar-refractivity contribution in [1.29, 1.82) is 0 Å². The standard InChI is InChI=1S/C14H17N3O/c1-11(17-6-7-18)12-2-4-13(5-3-12)14-8-15-10-16-9-14/h2-5,8-11,17-18H,6-7H2,1H3. The van der Waals surface area contributed by atoms with Gasteiger partial charge in [0.15, 0.2) is 0 Å². The Morgan fingerprint density at radius 3 is 2.39 bits per heavy atom. The minimum atomic E-state index is 0.157. The molecule has 0 spiro atoms. The van der Waals surface area contributed by atoms with E-state index in [-0.39, 0.29) is 12.6 Å². The third kappa shape index (κ3) is 3.12. The van der Waals surface area contributed by atoms with Crippen LogP contribution >= 0.6 is 0 Å². The molecule has 0 aliphatic heterocycles. The molecule has 0 bridgehead atoms. The Balaban J connectivity index is 2.10. The summed E-state index contributed by atoms with van der Waals surface area (Å²) in [4.78, 5) is 8.02. The molecule has 18 heavy (non-hydrogen) atoms. The number of benzene rings is 1. The molecule has 0 saturated carbocycles. The van der Waals surface area contributed by atoms with Crippen LogP contribution in [0.25, 0.3) is 11.1 Å². The Labute approximate surface area is 107 Å². The normalized spacial score (nSPS) is 12.3. The molecule has 4 heteroatoms. The van der Waals surface area contributed by atoms with Crippen molar-refractivity contribution in [3.63, 3.8) is 0 Å². The van der Waals surface area contributed by atoms with Gasteiger partial charge >= 0.3 is 0 Å². The van der Waals surface area contributed by atoms with E-state index < -0.39 is 0 Å². The van der Waals surface area contributed by atoms with E-state index in [1.54, 1.807) is 12.4 Å². The summed E-state index contributed by atoms with van der Waals surface area (Å²) in [6, 6.07) is 8.52. The molecule has 0 aliphatic carbocycles. The molecule has 1 heterocycles. The van der Waals surface area contributed by atoms with Crippen molar-refractivity contribution >= 4 is 0 Å². The van der Waals surface area contributed by atoms with E-state index in [4.69, 9.17) is 5.11 Å². The Morgan fingerprint density at radius 2 is 1.78 bits per heavy atom. The molecule has 0 fully saturated rings. The van der Waals surface area contributed by atoms with Crippen LogP contribution in [0.1, 0.15) is 18.5 Å². The van der Waals surface area contributed by atoms with Gasteiger partial charge in [-0.1, -0.05) is 24.3 Å². The maximum atomic E-state index is 8.78. The summed E-state index contributed by atoms with van der Waals surface area (Å²) in [7, 11) is 0. The lowest BCUT2D eigenvalue weighted by molar-refractivity contribution is 0.286. The van der Waals surface area contributed by atoms with Crippen LogP contribution < -0.4 is 5.32 Å².